The molecule has 0 saturated heterocycles. The van der Waals surface area contributed by atoms with Crippen molar-refractivity contribution < 1.29 is 27.2 Å². The van der Waals surface area contributed by atoms with Crippen molar-refractivity contribution in [1.29, 1.82) is 0 Å². The highest BCUT2D eigenvalue weighted by molar-refractivity contribution is 7.86. The lowest BCUT2D eigenvalue weighted by Gasteiger charge is -2.16. The van der Waals surface area contributed by atoms with Crippen LogP contribution in [-0.4, -0.2) is 58.7 Å². The molecule has 2 rings (SSSR count). The summed E-state index contributed by atoms with van der Waals surface area (Å²) in [5.41, 5.74) is 0.119. The molecule has 1 heterocycles. The van der Waals surface area contributed by atoms with Crippen molar-refractivity contribution in [1.82, 2.24) is 20.2 Å². The van der Waals surface area contributed by atoms with E-state index in [2.05, 4.69) is 15.4 Å². The van der Waals surface area contributed by atoms with Gasteiger partial charge in [0.2, 0.25) is 0 Å². The summed E-state index contributed by atoms with van der Waals surface area (Å²) in [4.78, 5) is 11.9. The van der Waals surface area contributed by atoms with Gasteiger partial charge in [0.1, 0.15) is 18.5 Å². The number of benzene rings is 1. The fourth-order valence-electron chi connectivity index (χ4n) is 1.70. The molecule has 1 atom stereocenters. The van der Waals surface area contributed by atoms with Gasteiger partial charge in [0, 0.05) is 0 Å². The molecule has 1 aromatic carbocycles. The maximum absolute atomic E-state index is 11.3. The maximum atomic E-state index is 11.3. The molecule has 10 nitrogen and oxygen atoms in total. The Morgan fingerprint density at radius 3 is 2.57 bits per heavy atom. The lowest BCUT2D eigenvalue weighted by molar-refractivity contribution is 0.0696. The second-order valence-corrected chi connectivity index (χ2v) is 6.15. The number of hydrogen-bond acceptors (Lipinski definition) is 8. The summed E-state index contributed by atoms with van der Waals surface area (Å²) in [6.07, 6.45) is 1.28. The van der Waals surface area contributed by atoms with Crippen molar-refractivity contribution in [3.63, 3.8) is 0 Å². The third-order valence-corrected chi connectivity index (χ3v) is 3.23. The van der Waals surface area contributed by atoms with E-state index in [4.69, 9.17) is 14.0 Å². The quantitative estimate of drug-likeness (QED) is 0.647. The van der Waals surface area contributed by atoms with E-state index in [1.165, 1.54) is 35.4 Å². The molecule has 2 aromatic rings. The zero-order valence-corrected chi connectivity index (χ0v) is 12.9. The van der Waals surface area contributed by atoms with Gasteiger partial charge in [0.25, 0.3) is 10.1 Å². The highest BCUT2D eigenvalue weighted by Crippen LogP contribution is 2.13. The highest BCUT2D eigenvalue weighted by Gasteiger charge is 2.18. The Balaban J connectivity index is 2.00. The van der Waals surface area contributed by atoms with Crippen molar-refractivity contribution in [3.05, 3.63) is 36.2 Å². The smallest absolute Gasteiger partial charge is 0.335 e. The van der Waals surface area contributed by atoms with Crippen molar-refractivity contribution in [3.8, 4) is 5.75 Å². The molecular formula is C12H14N4O6S. The van der Waals surface area contributed by atoms with Crippen LogP contribution in [0.4, 0.5) is 0 Å². The first-order valence-electron chi connectivity index (χ1n) is 6.38. The van der Waals surface area contributed by atoms with Crippen molar-refractivity contribution >= 4 is 16.1 Å². The standard InChI is InChI=1S/C12H14N4O6S/c1-23(19,20)22-11(6-16-14-8-13-15-16)7-21-10-4-2-9(3-5-10)12(17)18/h2-5,8,11H,6-7H2,1H3,(H,17,18). The molecule has 1 N–H and O–H groups in total. The molecule has 11 heteroatoms. The van der Waals surface area contributed by atoms with Crippen LogP contribution in [0.25, 0.3) is 0 Å². The molecule has 0 radical (unpaired) electrons. The van der Waals surface area contributed by atoms with Gasteiger partial charge in [-0.3, -0.25) is 4.18 Å². The van der Waals surface area contributed by atoms with Crippen LogP contribution in [0.1, 0.15) is 10.4 Å². The van der Waals surface area contributed by atoms with E-state index < -0.39 is 22.2 Å². The second-order valence-electron chi connectivity index (χ2n) is 4.55. The molecule has 0 aliphatic rings. The van der Waals surface area contributed by atoms with Gasteiger partial charge in [-0.15, -0.1) is 10.2 Å². The number of tetrazole rings is 1. The summed E-state index contributed by atoms with van der Waals surface area (Å²) >= 11 is 0. The van der Waals surface area contributed by atoms with Crippen molar-refractivity contribution in [2.75, 3.05) is 12.9 Å². The molecule has 1 unspecified atom stereocenters. The number of carboxylic acid groups (broad SMARTS) is 1. The summed E-state index contributed by atoms with van der Waals surface area (Å²) in [7, 11) is -3.70. The minimum atomic E-state index is -3.70. The Hall–Kier alpha value is -2.53. The van der Waals surface area contributed by atoms with E-state index in [9.17, 15) is 13.2 Å². The molecule has 0 fully saturated rings. The number of aromatic carboxylic acids is 1. The number of carboxylic acids is 1. The van der Waals surface area contributed by atoms with E-state index in [1.807, 2.05) is 0 Å². The largest absolute Gasteiger partial charge is 0.491 e. The Kier molecular flexibility index (Phi) is 5.24. The summed E-state index contributed by atoms with van der Waals surface area (Å²) < 4.78 is 32.9. The van der Waals surface area contributed by atoms with Gasteiger partial charge in [-0.1, -0.05) is 0 Å². The molecule has 0 spiro atoms. The predicted octanol–water partition coefficient (Wildman–Crippen LogP) is -0.205. The number of hydrogen-bond donors (Lipinski definition) is 1. The molecule has 0 aliphatic heterocycles. The summed E-state index contributed by atoms with van der Waals surface area (Å²) in [5, 5.41) is 19.7. The van der Waals surface area contributed by atoms with Gasteiger partial charge in [-0.05, 0) is 29.5 Å². The van der Waals surface area contributed by atoms with Crippen LogP contribution in [0, 0.1) is 0 Å². The van der Waals surface area contributed by atoms with Crippen LogP contribution < -0.4 is 4.74 Å². The number of ether oxygens (including phenoxy) is 1. The molecule has 0 amide bonds. The van der Waals surface area contributed by atoms with E-state index in [0.29, 0.717) is 5.75 Å². The third-order valence-electron chi connectivity index (χ3n) is 2.61. The minimum absolute atomic E-state index is 0.0281. The first-order valence-corrected chi connectivity index (χ1v) is 8.20. The van der Waals surface area contributed by atoms with E-state index >= 15 is 0 Å². The van der Waals surface area contributed by atoms with Crippen molar-refractivity contribution in [2.45, 2.75) is 12.6 Å². The third kappa shape index (κ3) is 5.64. The fraction of sp³-hybridized carbons (Fsp3) is 0.333. The summed E-state index contributed by atoms with van der Waals surface area (Å²) in [5.74, 6) is -0.671. The zero-order valence-electron chi connectivity index (χ0n) is 12.1. The molecule has 23 heavy (non-hydrogen) atoms. The van der Waals surface area contributed by atoms with Crippen LogP contribution in [-0.2, 0) is 20.8 Å². The predicted molar refractivity (Wildman–Crippen MR) is 76.4 cm³/mol. The van der Waals surface area contributed by atoms with Crippen LogP contribution in [0.2, 0.25) is 0 Å². The van der Waals surface area contributed by atoms with Gasteiger partial charge in [-0.25, -0.2) is 4.79 Å². The van der Waals surface area contributed by atoms with Crippen LogP contribution in [0.5, 0.6) is 5.75 Å². The van der Waals surface area contributed by atoms with E-state index in [-0.39, 0.29) is 18.7 Å². The van der Waals surface area contributed by atoms with Gasteiger partial charge in [0.15, 0.2) is 6.33 Å². The van der Waals surface area contributed by atoms with E-state index in [1.54, 1.807) is 0 Å². The fourth-order valence-corrected chi connectivity index (χ4v) is 2.31. The molecule has 124 valence electrons. The Morgan fingerprint density at radius 1 is 1.35 bits per heavy atom. The average Bonchev–Trinajstić information content (AvgIpc) is 2.96. The molecular weight excluding hydrogens is 328 g/mol. The lowest BCUT2D eigenvalue weighted by atomic mass is 10.2. The minimum Gasteiger partial charge on any atom is -0.491 e. The van der Waals surface area contributed by atoms with Crippen LogP contribution >= 0.6 is 0 Å². The topological polar surface area (TPSA) is 134 Å². The van der Waals surface area contributed by atoms with Gasteiger partial charge < -0.3 is 9.84 Å². The molecule has 1 aromatic heterocycles. The number of rotatable bonds is 8. The Morgan fingerprint density at radius 2 is 2.04 bits per heavy atom. The second kappa shape index (κ2) is 7.15. The molecule has 0 aliphatic carbocycles. The van der Waals surface area contributed by atoms with Gasteiger partial charge in [-0.2, -0.15) is 13.2 Å². The normalized spacial score (nSPS) is 12.7. The lowest BCUT2D eigenvalue weighted by Crippen LogP contribution is -2.30. The van der Waals surface area contributed by atoms with Crippen LogP contribution in [0.15, 0.2) is 30.6 Å². The monoisotopic (exact) mass is 342 g/mol. The zero-order chi connectivity index (χ0) is 16.9. The number of nitrogens with zero attached hydrogens (tertiary/aromatic N) is 4. The molecule has 0 saturated carbocycles. The van der Waals surface area contributed by atoms with Crippen LogP contribution in [0.3, 0.4) is 0 Å². The van der Waals surface area contributed by atoms with Gasteiger partial charge in [0.05, 0.1) is 18.4 Å². The maximum Gasteiger partial charge on any atom is 0.335 e. The average molecular weight is 342 g/mol. The van der Waals surface area contributed by atoms with E-state index in [0.717, 1.165) is 6.26 Å². The van der Waals surface area contributed by atoms with Crippen molar-refractivity contribution in [2.24, 2.45) is 0 Å². The summed E-state index contributed by atoms with van der Waals surface area (Å²) in [6.45, 7) is -0.0681. The Labute approximate surface area is 131 Å². The Bertz CT molecular complexity index is 744. The highest BCUT2D eigenvalue weighted by atomic mass is 32.2. The van der Waals surface area contributed by atoms with Gasteiger partial charge >= 0.3 is 5.97 Å². The first kappa shape index (κ1) is 16.8. The summed E-state index contributed by atoms with van der Waals surface area (Å²) in [6, 6.07) is 5.69. The SMILES string of the molecule is CS(=O)(=O)OC(COc1ccc(C(=O)O)cc1)Cn1ncnn1. The number of carbonyl (C=O) groups is 1. The number of aromatic nitrogens is 4. The first-order chi connectivity index (χ1) is 10.8. The molecule has 0 bridgehead atoms.